The van der Waals surface area contributed by atoms with Crippen molar-refractivity contribution in [1.29, 1.82) is 0 Å². The predicted octanol–water partition coefficient (Wildman–Crippen LogP) is 3.34. The highest BCUT2D eigenvalue weighted by atomic mass is 32.1. The van der Waals surface area contributed by atoms with E-state index in [9.17, 15) is 5.11 Å². The number of aliphatic hydroxyl groups is 1. The van der Waals surface area contributed by atoms with Crippen molar-refractivity contribution in [3.8, 4) is 22.6 Å². The van der Waals surface area contributed by atoms with Crippen molar-refractivity contribution in [1.82, 2.24) is 9.36 Å². The van der Waals surface area contributed by atoms with Crippen molar-refractivity contribution in [2.24, 2.45) is 0 Å². The highest BCUT2D eigenvalue weighted by Gasteiger charge is 2.21. The summed E-state index contributed by atoms with van der Waals surface area (Å²) in [5, 5.41) is 10.8. The summed E-state index contributed by atoms with van der Waals surface area (Å²) in [7, 11) is 3.26. The molecule has 0 spiro atoms. The minimum absolute atomic E-state index is 0.185. The van der Waals surface area contributed by atoms with E-state index < -0.39 is 0 Å². The third-order valence-electron chi connectivity index (χ3n) is 4.77. The molecule has 0 radical (unpaired) electrons. The summed E-state index contributed by atoms with van der Waals surface area (Å²) in [6, 6.07) is 7.89. The summed E-state index contributed by atoms with van der Waals surface area (Å²) in [4.78, 5) is 6.96. The molecule has 0 aliphatic carbocycles. The summed E-state index contributed by atoms with van der Waals surface area (Å²) in [6.07, 6.45) is 3.28. The number of benzene rings is 1. The van der Waals surface area contributed by atoms with Crippen LogP contribution in [0.25, 0.3) is 22.2 Å². The topological polar surface area (TPSA) is 67.7 Å². The highest BCUT2D eigenvalue weighted by Crippen LogP contribution is 2.36. The van der Waals surface area contributed by atoms with E-state index in [4.69, 9.17) is 9.47 Å². The number of hydrogen-bond donors (Lipinski definition) is 1. The SMILES string of the molecule is COc1ccc(-c2cnc3c(N4CCC(O)CC4)snc3c2)cc1OC. The zero-order valence-electron chi connectivity index (χ0n) is 14.8. The van der Waals surface area contributed by atoms with Gasteiger partial charge in [0.25, 0.3) is 0 Å². The molecule has 3 heterocycles. The van der Waals surface area contributed by atoms with Crippen LogP contribution in [0.1, 0.15) is 12.8 Å². The Morgan fingerprint density at radius 3 is 2.58 bits per heavy atom. The number of ether oxygens (including phenoxy) is 2. The number of anilines is 1. The molecule has 1 aliphatic rings. The molecule has 0 amide bonds. The normalized spacial score (nSPS) is 15.4. The third kappa shape index (κ3) is 3.08. The van der Waals surface area contributed by atoms with Crippen LogP contribution in [-0.4, -0.2) is 47.9 Å². The van der Waals surface area contributed by atoms with Crippen molar-refractivity contribution in [3.63, 3.8) is 0 Å². The van der Waals surface area contributed by atoms with Gasteiger partial charge in [0.15, 0.2) is 11.5 Å². The number of pyridine rings is 1. The van der Waals surface area contributed by atoms with E-state index >= 15 is 0 Å². The van der Waals surface area contributed by atoms with E-state index in [2.05, 4.69) is 20.3 Å². The fourth-order valence-electron chi connectivity index (χ4n) is 3.27. The first-order chi connectivity index (χ1) is 12.7. The van der Waals surface area contributed by atoms with Crippen molar-refractivity contribution < 1.29 is 14.6 Å². The molecule has 0 atom stereocenters. The van der Waals surface area contributed by atoms with Crippen LogP contribution in [0, 0.1) is 0 Å². The molecule has 6 nitrogen and oxygen atoms in total. The Kier molecular flexibility index (Phi) is 4.65. The lowest BCUT2D eigenvalue weighted by atomic mass is 10.1. The lowest BCUT2D eigenvalue weighted by Gasteiger charge is -2.29. The fourth-order valence-corrected chi connectivity index (χ4v) is 4.14. The monoisotopic (exact) mass is 371 g/mol. The Labute approximate surface area is 156 Å². The zero-order chi connectivity index (χ0) is 18.1. The van der Waals surface area contributed by atoms with E-state index in [0.717, 1.165) is 53.1 Å². The molecule has 136 valence electrons. The number of aromatic nitrogens is 2. The molecular weight excluding hydrogens is 350 g/mol. The van der Waals surface area contributed by atoms with Gasteiger partial charge in [-0.1, -0.05) is 6.07 Å². The van der Waals surface area contributed by atoms with Crippen LogP contribution in [0.2, 0.25) is 0 Å². The van der Waals surface area contributed by atoms with Crippen LogP contribution in [0.5, 0.6) is 11.5 Å². The average Bonchev–Trinajstić information content (AvgIpc) is 3.11. The van der Waals surface area contributed by atoms with Crippen LogP contribution in [0.4, 0.5) is 5.00 Å². The summed E-state index contributed by atoms with van der Waals surface area (Å²) in [6.45, 7) is 1.69. The maximum absolute atomic E-state index is 9.71. The molecule has 3 aromatic rings. The molecule has 1 N–H and O–H groups in total. The molecule has 1 aromatic carbocycles. The van der Waals surface area contributed by atoms with Crippen molar-refractivity contribution in [2.75, 3.05) is 32.2 Å². The molecular formula is C19H21N3O3S. The summed E-state index contributed by atoms with van der Waals surface area (Å²) < 4.78 is 15.3. The molecule has 0 saturated carbocycles. The first kappa shape index (κ1) is 17.1. The summed E-state index contributed by atoms with van der Waals surface area (Å²) in [5.41, 5.74) is 3.82. The molecule has 0 unspecified atom stereocenters. The number of fused-ring (bicyclic) bond motifs is 1. The van der Waals surface area contributed by atoms with Gasteiger partial charge in [0.2, 0.25) is 0 Å². The standard InChI is InChI=1S/C19H21N3O3S/c1-24-16-4-3-12(10-17(16)25-2)13-9-15-18(20-11-13)19(26-21-15)22-7-5-14(23)6-8-22/h3-4,9-11,14,23H,5-8H2,1-2H3. The van der Waals surface area contributed by atoms with E-state index in [1.807, 2.05) is 24.4 Å². The highest BCUT2D eigenvalue weighted by molar-refractivity contribution is 7.11. The molecule has 26 heavy (non-hydrogen) atoms. The molecule has 7 heteroatoms. The Morgan fingerprint density at radius 2 is 1.85 bits per heavy atom. The molecule has 1 fully saturated rings. The van der Waals surface area contributed by atoms with Crippen LogP contribution in [-0.2, 0) is 0 Å². The van der Waals surface area contributed by atoms with E-state index in [1.54, 1.807) is 14.2 Å². The van der Waals surface area contributed by atoms with Crippen LogP contribution < -0.4 is 14.4 Å². The number of rotatable bonds is 4. The predicted molar refractivity (Wildman–Crippen MR) is 103 cm³/mol. The molecule has 0 bridgehead atoms. The Bertz CT molecular complexity index is 920. The van der Waals surface area contributed by atoms with Gasteiger partial charge in [-0.2, -0.15) is 4.37 Å². The quantitative estimate of drug-likeness (QED) is 0.759. The van der Waals surface area contributed by atoms with Gasteiger partial charge in [-0.3, -0.25) is 4.98 Å². The number of aliphatic hydroxyl groups excluding tert-OH is 1. The van der Waals surface area contributed by atoms with Gasteiger partial charge < -0.3 is 19.5 Å². The van der Waals surface area contributed by atoms with Crippen molar-refractivity contribution >= 4 is 27.6 Å². The lowest BCUT2D eigenvalue weighted by molar-refractivity contribution is 0.145. The minimum atomic E-state index is -0.185. The summed E-state index contributed by atoms with van der Waals surface area (Å²) in [5.74, 6) is 1.39. The van der Waals surface area contributed by atoms with Gasteiger partial charge >= 0.3 is 0 Å². The van der Waals surface area contributed by atoms with Gasteiger partial charge in [-0.25, -0.2) is 0 Å². The molecule has 1 aliphatic heterocycles. The number of piperidine rings is 1. The van der Waals surface area contributed by atoms with E-state index in [-0.39, 0.29) is 6.10 Å². The number of methoxy groups -OCH3 is 2. The van der Waals surface area contributed by atoms with Gasteiger partial charge in [-0.15, -0.1) is 0 Å². The smallest absolute Gasteiger partial charge is 0.161 e. The van der Waals surface area contributed by atoms with E-state index in [0.29, 0.717) is 11.5 Å². The maximum atomic E-state index is 9.71. The number of hydrogen-bond acceptors (Lipinski definition) is 7. The van der Waals surface area contributed by atoms with Crippen LogP contribution in [0.15, 0.2) is 30.5 Å². The second-order valence-electron chi connectivity index (χ2n) is 6.37. The van der Waals surface area contributed by atoms with Gasteiger partial charge in [-0.05, 0) is 48.1 Å². The minimum Gasteiger partial charge on any atom is -0.493 e. The fraction of sp³-hybridized carbons (Fsp3) is 0.368. The number of nitrogens with zero attached hydrogens (tertiary/aromatic N) is 3. The second kappa shape index (κ2) is 7.09. The van der Waals surface area contributed by atoms with Crippen LogP contribution >= 0.6 is 11.5 Å². The second-order valence-corrected chi connectivity index (χ2v) is 7.12. The first-order valence-corrected chi connectivity index (χ1v) is 9.38. The Hall–Kier alpha value is -2.38. The van der Waals surface area contributed by atoms with E-state index in [1.165, 1.54) is 11.5 Å². The molecule has 2 aromatic heterocycles. The van der Waals surface area contributed by atoms with Crippen molar-refractivity contribution in [2.45, 2.75) is 18.9 Å². The van der Waals surface area contributed by atoms with Gasteiger partial charge in [0.1, 0.15) is 16.0 Å². The first-order valence-electron chi connectivity index (χ1n) is 8.60. The average molecular weight is 371 g/mol. The lowest BCUT2D eigenvalue weighted by Crippen LogP contribution is -2.35. The Morgan fingerprint density at radius 1 is 1.08 bits per heavy atom. The molecule has 1 saturated heterocycles. The summed E-state index contributed by atoms with van der Waals surface area (Å²) >= 11 is 1.48. The maximum Gasteiger partial charge on any atom is 0.161 e. The Balaban J connectivity index is 1.67. The van der Waals surface area contributed by atoms with Crippen LogP contribution in [0.3, 0.4) is 0 Å². The van der Waals surface area contributed by atoms with Crippen molar-refractivity contribution in [3.05, 3.63) is 30.5 Å². The largest absolute Gasteiger partial charge is 0.493 e. The van der Waals surface area contributed by atoms with Gasteiger partial charge in [0.05, 0.1) is 20.3 Å². The molecule has 4 rings (SSSR count). The van der Waals surface area contributed by atoms with Gasteiger partial charge in [0, 0.05) is 24.8 Å². The zero-order valence-corrected chi connectivity index (χ0v) is 15.6. The third-order valence-corrected chi connectivity index (χ3v) is 5.68.